The number of benzene rings is 2. The first kappa shape index (κ1) is 25.8. The standard InChI is InChI=1S/C26H28FN7O5/c1-26-23(36)29-11-2-10-28-21(35)9-12-38-17-6-3-15(4-7-17)32-25-30-14-18(27)22(34-25)31-16-5-8-20(39-26)19(13-16)33-24(26)37/h3-8,13-14,25,31-32,34H,2,9-12H2,1H3,(H,28,35)(H,29,36)(H,33,37). The Balaban J connectivity index is 1.36. The molecule has 8 bridgehead atoms. The summed E-state index contributed by atoms with van der Waals surface area (Å²) in [5.41, 5.74) is -0.292. The molecule has 0 aliphatic carbocycles. The first-order valence-corrected chi connectivity index (χ1v) is 12.5. The van der Waals surface area contributed by atoms with Gasteiger partial charge in [0.1, 0.15) is 17.3 Å². The van der Waals surface area contributed by atoms with Crippen molar-refractivity contribution in [3.8, 4) is 11.5 Å². The van der Waals surface area contributed by atoms with E-state index in [1.54, 1.807) is 42.5 Å². The van der Waals surface area contributed by atoms with E-state index in [0.717, 1.165) is 6.21 Å². The van der Waals surface area contributed by atoms with Gasteiger partial charge in [0.25, 0.3) is 17.4 Å². The van der Waals surface area contributed by atoms with Crippen LogP contribution in [0.25, 0.3) is 0 Å². The maximum Gasteiger partial charge on any atom is 0.278 e. The van der Waals surface area contributed by atoms with E-state index in [1.165, 1.54) is 6.92 Å². The Morgan fingerprint density at radius 2 is 1.72 bits per heavy atom. The smallest absolute Gasteiger partial charge is 0.278 e. The van der Waals surface area contributed by atoms with Crippen molar-refractivity contribution in [1.82, 2.24) is 16.0 Å². The maximum absolute atomic E-state index is 14.6. The minimum atomic E-state index is -1.79. The molecule has 2 unspecified atom stereocenters. The Hall–Kier alpha value is -4.81. The molecule has 0 radical (unpaired) electrons. The van der Waals surface area contributed by atoms with Gasteiger partial charge >= 0.3 is 0 Å². The summed E-state index contributed by atoms with van der Waals surface area (Å²) in [5, 5.41) is 17.2. The highest BCUT2D eigenvalue weighted by Gasteiger charge is 2.47. The highest BCUT2D eigenvalue weighted by atomic mass is 19.1. The van der Waals surface area contributed by atoms with Gasteiger partial charge in [-0.15, -0.1) is 0 Å². The molecule has 0 fully saturated rings. The molecule has 9 rings (SSSR count). The molecule has 0 spiro atoms. The number of aliphatic imine (C=N–C) groups is 1. The highest BCUT2D eigenvalue weighted by Crippen LogP contribution is 2.36. The fourth-order valence-electron chi connectivity index (χ4n) is 4.05. The average molecular weight is 538 g/mol. The average Bonchev–Trinajstić information content (AvgIpc) is 2.91. The van der Waals surface area contributed by atoms with Crippen LogP contribution in [-0.2, 0) is 14.4 Å². The van der Waals surface area contributed by atoms with Crippen LogP contribution >= 0.6 is 0 Å². The number of allylic oxidation sites excluding steroid dienone is 1. The molecule has 0 saturated carbocycles. The number of nitrogens with zero attached hydrogens (tertiary/aromatic N) is 1. The summed E-state index contributed by atoms with van der Waals surface area (Å²) in [4.78, 5) is 41.9. The lowest BCUT2D eigenvalue weighted by atomic mass is 10.0. The SMILES string of the molecule is CC12Oc3ccc(cc3NC1=O)NC1=C(F)C=NC(N1)Nc1ccc(cc1)OCCC(=O)NCCCNC2=O. The van der Waals surface area contributed by atoms with Crippen molar-refractivity contribution in [2.75, 3.05) is 35.6 Å². The van der Waals surface area contributed by atoms with E-state index < -0.39 is 29.5 Å². The molecule has 3 amide bonds. The van der Waals surface area contributed by atoms with Gasteiger partial charge in [-0.25, -0.2) is 9.38 Å². The van der Waals surface area contributed by atoms with Crippen molar-refractivity contribution in [2.24, 2.45) is 4.99 Å². The van der Waals surface area contributed by atoms with Crippen molar-refractivity contribution in [3.05, 3.63) is 54.1 Å². The van der Waals surface area contributed by atoms with Gasteiger partial charge in [0.2, 0.25) is 5.91 Å². The Labute approximate surface area is 223 Å². The Kier molecular flexibility index (Phi) is 7.21. The predicted octanol–water partition coefficient (Wildman–Crippen LogP) is 1.80. The van der Waals surface area contributed by atoms with E-state index in [2.05, 4.69) is 36.9 Å². The summed E-state index contributed by atoms with van der Waals surface area (Å²) >= 11 is 0. The number of carbonyl (C=O) groups is 3. The van der Waals surface area contributed by atoms with Gasteiger partial charge in [-0.2, -0.15) is 0 Å². The summed E-state index contributed by atoms with van der Waals surface area (Å²) in [6.45, 7) is 2.15. The molecule has 7 aliphatic rings. The molecule has 2 aromatic carbocycles. The zero-order valence-corrected chi connectivity index (χ0v) is 21.1. The number of carbonyl (C=O) groups excluding carboxylic acids is 3. The highest BCUT2D eigenvalue weighted by molar-refractivity contribution is 6.15. The van der Waals surface area contributed by atoms with Gasteiger partial charge < -0.3 is 41.4 Å². The number of anilines is 3. The van der Waals surface area contributed by atoms with E-state index in [4.69, 9.17) is 9.47 Å². The summed E-state index contributed by atoms with van der Waals surface area (Å²) in [5.74, 6) is -1.11. The molecule has 13 heteroatoms. The fourth-order valence-corrected chi connectivity index (χ4v) is 4.05. The lowest BCUT2D eigenvalue weighted by Gasteiger charge is -2.33. The van der Waals surface area contributed by atoms with Crippen molar-refractivity contribution >= 4 is 41.0 Å². The van der Waals surface area contributed by atoms with Gasteiger partial charge in [0, 0.05) is 24.5 Å². The van der Waals surface area contributed by atoms with Gasteiger partial charge in [-0.3, -0.25) is 14.4 Å². The second-order valence-corrected chi connectivity index (χ2v) is 9.20. The first-order chi connectivity index (χ1) is 18.8. The predicted molar refractivity (Wildman–Crippen MR) is 142 cm³/mol. The largest absolute Gasteiger partial charge is 0.493 e. The summed E-state index contributed by atoms with van der Waals surface area (Å²) in [6, 6.07) is 11.8. The molecule has 7 heterocycles. The minimum absolute atomic E-state index is 0.0680. The van der Waals surface area contributed by atoms with Crippen LogP contribution in [0.1, 0.15) is 19.8 Å². The van der Waals surface area contributed by atoms with Crippen LogP contribution in [0, 0.1) is 0 Å². The number of rotatable bonds is 0. The van der Waals surface area contributed by atoms with Crippen LogP contribution in [0.5, 0.6) is 11.5 Å². The second-order valence-electron chi connectivity index (χ2n) is 9.20. The van der Waals surface area contributed by atoms with Crippen molar-refractivity contribution in [2.45, 2.75) is 31.7 Å². The van der Waals surface area contributed by atoms with Crippen LogP contribution in [-0.4, -0.2) is 55.5 Å². The van der Waals surface area contributed by atoms with Gasteiger partial charge in [-0.05, 0) is 55.8 Å². The lowest BCUT2D eigenvalue weighted by Crippen LogP contribution is -2.58. The molecule has 6 N–H and O–H groups in total. The van der Waals surface area contributed by atoms with Gasteiger partial charge in [0.05, 0.1) is 24.9 Å². The zero-order valence-electron chi connectivity index (χ0n) is 21.1. The molecule has 2 aromatic rings. The van der Waals surface area contributed by atoms with Gasteiger partial charge in [0.15, 0.2) is 12.1 Å². The van der Waals surface area contributed by atoms with Crippen LogP contribution < -0.4 is 41.4 Å². The van der Waals surface area contributed by atoms with Crippen molar-refractivity contribution in [3.63, 3.8) is 0 Å². The quantitative estimate of drug-likeness (QED) is 0.278. The van der Waals surface area contributed by atoms with Crippen LogP contribution in [0.3, 0.4) is 0 Å². The maximum atomic E-state index is 14.6. The molecule has 0 saturated heterocycles. The first-order valence-electron chi connectivity index (χ1n) is 12.5. The van der Waals surface area contributed by atoms with E-state index in [0.29, 0.717) is 35.8 Å². The third-order valence-electron chi connectivity index (χ3n) is 6.25. The minimum Gasteiger partial charge on any atom is -0.493 e. The van der Waals surface area contributed by atoms with Gasteiger partial charge in [-0.1, -0.05) is 0 Å². The fraction of sp³-hybridized carbons (Fsp3) is 0.308. The van der Waals surface area contributed by atoms with Crippen LogP contribution in [0.15, 0.2) is 59.1 Å². The molecule has 12 nitrogen and oxygen atoms in total. The number of halogens is 1. The van der Waals surface area contributed by atoms with Crippen molar-refractivity contribution < 1.29 is 28.2 Å². The second kappa shape index (κ2) is 10.9. The lowest BCUT2D eigenvalue weighted by molar-refractivity contribution is -0.146. The Bertz CT molecular complexity index is 1350. The molecule has 7 aliphatic heterocycles. The molecular weight excluding hydrogens is 509 g/mol. The number of hydrogen-bond donors (Lipinski definition) is 6. The molecule has 39 heavy (non-hydrogen) atoms. The number of amides is 3. The molecule has 0 aromatic heterocycles. The Morgan fingerprint density at radius 1 is 0.949 bits per heavy atom. The van der Waals surface area contributed by atoms with E-state index in [-0.39, 0.29) is 37.1 Å². The number of hydrogen-bond acceptors (Lipinski definition) is 9. The molecule has 204 valence electrons. The Morgan fingerprint density at radius 3 is 2.54 bits per heavy atom. The molecular formula is C26H28FN7O5. The summed E-state index contributed by atoms with van der Waals surface area (Å²) in [6.07, 6.45) is 1.05. The number of nitrogens with one attached hydrogen (secondary N) is 6. The van der Waals surface area contributed by atoms with Crippen molar-refractivity contribution in [1.29, 1.82) is 0 Å². The van der Waals surface area contributed by atoms with Crippen LogP contribution in [0.2, 0.25) is 0 Å². The molecule has 2 atom stereocenters. The van der Waals surface area contributed by atoms with E-state index in [1.807, 2.05) is 0 Å². The normalized spacial score (nSPS) is 23.5. The third-order valence-corrected chi connectivity index (χ3v) is 6.25. The summed E-state index contributed by atoms with van der Waals surface area (Å²) in [7, 11) is 0. The van der Waals surface area contributed by atoms with Crippen LogP contribution in [0.4, 0.5) is 21.5 Å². The van der Waals surface area contributed by atoms with E-state index >= 15 is 0 Å². The number of ether oxygens (including phenoxy) is 2. The zero-order chi connectivity index (χ0) is 27.4. The summed E-state index contributed by atoms with van der Waals surface area (Å²) < 4.78 is 26.0. The topological polar surface area (TPSA) is 154 Å². The monoisotopic (exact) mass is 537 g/mol. The third kappa shape index (κ3) is 5.87. The van der Waals surface area contributed by atoms with E-state index in [9.17, 15) is 18.8 Å².